The minimum atomic E-state index is -0.776. The van der Waals surface area contributed by atoms with E-state index in [0.717, 1.165) is 17.5 Å². The maximum Gasteiger partial charge on any atom is 0.516 e. The van der Waals surface area contributed by atoms with Crippen molar-refractivity contribution in [3.05, 3.63) is 36.7 Å². The van der Waals surface area contributed by atoms with Crippen molar-refractivity contribution >= 4 is 6.16 Å². The van der Waals surface area contributed by atoms with E-state index in [0.29, 0.717) is 18.4 Å². The van der Waals surface area contributed by atoms with Gasteiger partial charge in [0.2, 0.25) is 6.29 Å². The molecule has 2 heterocycles. The quantitative estimate of drug-likeness (QED) is 0.223. The Morgan fingerprint density at radius 2 is 1.66 bits per heavy atom. The van der Waals surface area contributed by atoms with Gasteiger partial charge in [0, 0.05) is 18.0 Å². The van der Waals surface area contributed by atoms with Crippen LogP contribution in [0.25, 0.3) is 11.1 Å². The lowest BCUT2D eigenvalue weighted by molar-refractivity contribution is 0.0562. The summed E-state index contributed by atoms with van der Waals surface area (Å²) in [5, 5.41) is 0. The van der Waals surface area contributed by atoms with Gasteiger partial charge in [0.1, 0.15) is 11.9 Å². The number of benzene rings is 1. The zero-order valence-corrected chi connectivity index (χ0v) is 17.0. The van der Waals surface area contributed by atoms with E-state index < -0.39 is 12.4 Å². The average Bonchev–Trinajstić information content (AvgIpc) is 3.42. The Bertz CT molecular complexity index is 764. The van der Waals surface area contributed by atoms with E-state index in [1.54, 1.807) is 24.5 Å². The zero-order valence-electron chi connectivity index (χ0n) is 17.0. The van der Waals surface area contributed by atoms with E-state index in [9.17, 15) is 4.79 Å². The van der Waals surface area contributed by atoms with Crippen molar-refractivity contribution in [1.82, 2.24) is 9.97 Å². The molecule has 156 valence electrons. The molecule has 1 aliphatic heterocycles. The van der Waals surface area contributed by atoms with Crippen molar-refractivity contribution < 1.29 is 23.7 Å². The Kier molecular flexibility index (Phi) is 7.81. The van der Waals surface area contributed by atoms with Gasteiger partial charge in [-0.2, -0.15) is 0 Å². The van der Waals surface area contributed by atoms with Crippen molar-refractivity contribution in [2.75, 3.05) is 6.61 Å². The van der Waals surface area contributed by atoms with Crippen LogP contribution in [-0.4, -0.2) is 35.1 Å². The normalized spacial score (nSPS) is 17.6. The summed E-state index contributed by atoms with van der Waals surface area (Å²) in [5.41, 5.74) is 1.76. The molecule has 1 aromatic carbocycles. The number of carbonyl (C=O) groups is 1. The standard InChI is InChI=1S/C22H28N2O5/c1-3-4-5-6-7-8-13-26-21-23-14-18(15-24-21)17-9-11-19(12-10-17)28-22(25)29-20-16(2)27-20/h9-12,14-16,20H,3-8,13H2,1-2H3/t16-,20-/m1/s1. The molecule has 0 radical (unpaired) electrons. The van der Waals surface area contributed by atoms with Gasteiger partial charge in [-0.3, -0.25) is 0 Å². The van der Waals surface area contributed by atoms with Gasteiger partial charge < -0.3 is 18.9 Å². The molecular weight excluding hydrogens is 372 g/mol. The first-order chi connectivity index (χ1) is 14.2. The molecule has 7 nitrogen and oxygen atoms in total. The van der Waals surface area contributed by atoms with Gasteiger partial charge >= 0.3 is 12.2 Å². The lowest BCUT2D eigenvalue weighted by Crippen LogP contribution is -2.13. The Morgan fingerprint density at radius 1 is 1.00 bits per heavy atom. The first kappa shape index (κ1) is 21.0. The molecule has 29 heavy (non-hydrogen) atoms. The molecule has 3 rings (SSSR count). The number of rotatable bonds is 11. The molecule has 0 saturated carbocycles. The van der Waals surface area contributed by atoms with E-state index in [2.05, 4.69) is 16.9 Å². The minimum Gasteiger partial charge on any atom is -0.463 e. The molecule has 0 bridgehead atoms. The molecular formula is C22H28N2O5. The fourth-order valence-corrected chi connectivity index (χ4v) is 2.81. The number of carbonyl (C=O) groups excluding carboxylic acids is 1. The summed E-state index contributed by atoms with van der Waals surface area (Å²) in [6, 6.07) is 7.43. The molecule has 0 N–H and O–H groups in total. The molecule has 1 aromatic heterocycles. The van der Waals surface area contributed by atoms with Gasteiger partial charge in [-0.15, -0.1) is 0 Å². The van der Waals surface area contributed by atoms with Crippen LogP contribution >= 0.6 is 0 Å². The van der Waals surface area contributed by atoms with E-state index in [1.807, 2.05) is 19.1 Å². The molecule has 0 unspecified atom stereocenters. The molecule has 1 saturated heterocycles. The second-order valence-corrected chi connectivity index (χ2v) is 7.07. The molecule has 0 spiro atoms. The van der Waals surface area contributed by atoms with Gasteiger partial charge in [0.05, 0.1) is 6.61 Å². The van der Waals surface area contributed by atoms with Gasteiger partial charge in [-0.1, -0.05) is 51.2 Å². The third-order valence-corrected chi connectivity index (χ3v) is 4.61. The van der Waals surface area contributed by atoms with E-state index >= 15 is 0 Å². The van der Waals surface area contributed by atoms with E-state index in [1.165, 1.54) is 32.1 Å². The van der Waals surface area contributed by atoms with Crippen molar-refractivity contribution in [2.24, 2.45) is 0 Å². The molecule has 0 amide bonds. The lowest BCUT2D eigenvalue weighted by atomic mass is 10.1. The first-order valence-corrected chi connectivity index (χ1v) is 10.2. The summed E-state index contributed by atoms with van der Waals surface area (Å²) >= 11 is 0. The fraction of sp³-hybridized carbons (Fsp3) is 0.500. The number of nitrogens with zero attached hydrogens (tertiary/aromatic N) is 2. The molecule has 7 heteroatoms. The Balaban J connectivity index is 1.41. The lowest BCUT2D eigenvalue weighted by Gasteiger charge is -2.07. The van der Waals surface area contributed by atoms with Crippen molar-refractivity contribution in [2.45, 2.75) is 64.8 Å². The van der Waals surface area contributed by atoms with Crippen LogP contribution in [0.2, 0.25) is 0 Å². The first-order valence-electron chi connectivity index (χ1n) is 10.2. The second-order valence-electron chi connectivity index (χ2n) is 7.07. The highest BCUT2D eigenvalue weighted by Crippen LogP contribution is 2.25. The highest BCUT2D eigenvalue weighted by Gasteiger charge is 2.39. The van der Waals surface area contributed by atoms with Gasteiger partial charge in [0.25, 0.3) is 0 Å². The van der Waals surface area contributed by atoms with Gasteiger partial charge in [-0.05, 0) is 31.0 Å². The van der Waals surface area contributed by atoms with Crippen LogP contribution in [0.3, 0.4) is 0 Å². The molecule has 1 fully saturated rings. The fourth-order valence-electron chi connectivity index (χ4n) is 2.81. The second kappa shape index (κ2) is 10.8. The van der Waals surface area contributed by atoms with Crippen LogP contribution in [-0.2, 0) is 9.47 Å². The Labute approximate surface area is 171 Å². The summed E-state index contributed by atoms with van der Waals surface area (Å²) in [5.74, 6) is 0.395. The van der Waals surface area contributed by atoms with Crippen molar-refractivity contribution in [3.63, 3.8) is 0 Å². The molecule has 2 aromatic rings. The summed E-state index contributed by atoms with van der Waals surface area (Å²) in [6.07, 6.45) is 9.40. The monoisotopic (exact) mass is 400 g/mol. The SMILES string of the molecule is CCCCCCCCOc1ncc(-c2ccc(OC(=O)O[C@H]3O[C@@H]3C)cc2)cn1. The third-order valence-electron chi connectivity index (χ3n) is 4.61. The van der Waals surface area contributed by atoms with Crippen LogP contribution < -0.4 is 9.47 Å². The Morgan fingerprint density at radius 3 is 2.31 bits per heavy atom. The number of hydrogen-bond acceptors (Lipinski definition) is 7. The van der Waals surface area contributed by atoms with Crippen LogP contribution in [0.5, 0.6) is 11.8 Å². The number of unbranched alkanes of at least 4 members (excludes halogenated alkanes) is 5. The predicted molar refractivity (Wildman–Crippen MR) is 108 cm³/mol. The minimum absolute atomic E-state index is 0.0670. The van der Waals surface area contributed by atoms with Gasteiger partial charge in [0.15, 0.2) is 0 Å². The van der Waals surface area contributed by atoms with Gasteiger partial charge in [-0.25, -0.2) is 14.8 Å². The van der Waals surface area contributed by atoms with Crippen molar-refractivity contribution in [1.29, 1.82) is 0 Å². The van der Waals surface area contributed by atoms with Crippen LogP contribution in [0.4, 0.5) is 4.79 Å². The maximum absolute atomic E-state index is 11.6. The summed E-state index contributed by atoms with van der Waals surface area (Å²) in [6.45, 7) is 4.67. The number of ether oxygens (including phenoxy) is 4. The highest BCUT2D eigenvalue weighted by molar-refractivity contribution is 5.66. The average molecular weight is 400 g/mol. The highest BCUT2D eigenvalue weighted by atomic mass is 16.8. The van der Waals surface area contributed by atoms with Crippen LogP contribution in [0, 0.1) is 0 Å². The predicted octanol–water partition coefficient (Wildman–Crippen LogP) is 5.14. The zero-order chi connectivity index (χ0) is 20.5. The topological polar surface area (TPSA) is 83.1 Å². The maximum atomic E-state index is 11.6. The number of hydrogen-bond donors (Lipinski definition) is 0. The summed E-state index contributed by atoms with van der Waals surface area (Å²) < 4.78 is 20.7. The largest absolute Gasteiger partial charge is 0.516 e. The van der Waals surface area contributed by atoms with E-state index in [4.69, 9.17) is 18.9 Å². The Hall–Kier alpha value is -2.67. The van der Waals surface area contributed by atoms with Crippen molar-refractivity contribution in [3.8, 4) is 22.9 Å². The molecule has 0 aliphatic carbocycles. The van der Waals surface area contributed by atoms with E-state index in [-0.39, 0.29) is 6.10 Å². The summed E-state index contributed by atoms with van der Waals surface area (Å²) in [4.78, 5) is 20.2. The third kappa shape index (κ3) is 7.02. The smallest absolute Gasteiger partial charge is 0.463 e. The summed E-state index contributed by atoms with van der Waals surface area (Å²) in [7, 11) is 0. The van der Waals surface area contributed by atoms with Crippen LogP contribution in [0.1, 0.15) is 52.4 Å². The molecule has 2 atom stereocenters. The number of aromatic nitrogens is 2. The number of epoxide rings is 1. The molecule has 1 aliphatic rings. The van der Waals surface area contributed by atoms with Crippen LogP contribution in [0.15, 0.2) is 36.7 Å².